The van der Waals surface area contributed by atoms with Crippen LogP contribution in [-0.2, 0) is 27.8 Å². The van der Waals surface area contributed by atoms with Gasteiger partial charge in [-0.05, 0) is 42.7 Å². The molecule has 5 heteroatoms. The summed E-state index contributed by atoms with van der Waals surface area (Å²) in [5.74, 6) is -0.309. The summed E-state index contributed by atoms with van der Waals surface area (Å²) >= 11 is 0. The lowest BCUT2D eigenvalue weighted by Crippen LogP contribution is -2.39. The molecule has 0 aromatic heterocycles. The Kier molecular flexibility index (Phi) is 4.57. The average Bonchev–Trinajstić information content (AvgIpc) is 2.97. The highest BCUT2D eigenvalue weighted by atomic mass is 32.2. The van der Waals surface area contributed by atoms with Crippen LogP contribution in [0.3, 0.4) is 0 Å². The van der Waals surface area contributed by atoms with Crippen molar-refractivity contribution >= 4 is 22.4 Å². The number of hydrogen-bond donors (Lipinski definition) is 0. The van der Waals surface area contributed by atoms with Crippen LogP contribution in [0.15, 0.2) is 48.5 Å². The Labute approximate surface area is 137 Å². The lowest BCUT2D eigenvalue weighted by atomic mass is 10.2. The van der Waals surface area contributed by atoms with Gasteiger partial charge in [0.2, 0.25) is 5.91 Å². The van der Waals surface area contributed by atoms with Crippen molar-refractivity contribution in [1.82, 2.24) is 0 Å². The maximum absolute atomic E-state index is 13.2. The molecule has 0 spiro atoms. The van der Waals surface area contributed by atoms with E-state index in [0.29, 0.717) is 12.1 Å². The van der Waals surface area contributed by atoms with E-state index in [9.17, 15) is 13.4 Å². The second-order valence-corrected chi connectivity index (χ2v) is 7.42. The second kappa shape index (κ2) is 6.62. The van der Waals surface area contributed by atoms with Crippen LogP contribution in [0.25, 0.3) is 0 Å². The summed E-state index contributed by atoms with van der Waals surface area (Å²) in [5, 5.41) is -0.621. The molecule has 0 N–H and O–H groups in total. The van der Waals surface area contributed by atoms with Crippen molar-refractivity contribution in [3.63, 3.8) is 0 Å². The Morgan fingerprint density at radius 1 is 1.26 bits per heavy atom. The minimum absolute atomic E-state index is 0.135. The number of nitrogens with zero attached hydrogens (tertiary/aromatic N) is 1. The van der Waals surface area contributed by atoms with Crippen molar-refractivity contribution in [2.45, 2.75) is 24.3 Å². The average molecular weight is 331 g/mol. The molecule has 0 aliphatic carbocycles. The van der Waals surface area contributed by atoms with Crippen molar-refractivity contribution in [3.8, 4) is 0 Å². The number of anilines is 1. The lowest BCUT2D eigenvalue weighted by Gasteiger charge is -2.21. The second-order valence-electron chi connectivity index (χ2n) is 5.67. The van der Waals surface area contributed by atoms with E-state index >= 15 is 0 Å². The topological polar surface area (TPSA) is 37.4 Å². The van der Waals surface area contributed by atoms with Crippen molar-refractivity contribution in [1.29, 1.82) is 0 Å². The molecule has 0 bridgehead atoms. The fraction of sp³-hybridized carbons (Fsp3) is 0.278. The number of amides is 1. The smallest absolute Gasteiger partial charge is 0.242 e. The predicted molar refractivity (Wildman–Crippen MR) is 90.2 cm³/mol. The Morgan fingerprint density at radius 3 is 2.83 bits per heavy atom. The minimum Gasteiger partial charge on any atom is -0.311 e. The van der Waals surface area contributed by atoms with Crippen molar-refractivity contribution < 1.29 is 13.4 Å². The number of rotatable bonds is 4. The Balaban J connectivity index is 1.72. The van der Waals surface area contributed by atoms with Gasteiger partial charge in [0.1, 0.15) is 11.1 Å². The molecule has 1 aliphatic heterocycles. The summed E-state index contributed by atoms with van der Waals surface area (Å²) < 4.78 is 25.7. The van der Waals surface area contributed by atoms with Crippen LogP contribution in [0.1, 0.15) is 18.1 Å². The third-order valence-corrected chi connectivity index (χ3v) is 5.70. The van der Waals surface area contributed by atoms with Gasteiger partial charge in [-0.1, -0.05) is 30.3 Å². The molecular weight excluding hydrogens is 313 g/mol. The summed E-state index contributed by atoms with van der Waals surface area (Å²) in [5.41, 5.74) is 2.70. The molecule has 120 valence electrons. The van der Waals surface area contributed by atoms with Gasteiger partial charge < -0.3 is 4.90 Å². The van der Waals surface area contributed by atoms with Gasteiger partial charge in [-0.2, -0.15) is 0 Å². The third-order valence-electron chi connectivity index (χ3n) is 4.09. The molecule has 0 radical (unpaired) electrons. The zero-order chi connectivity index (χ0) is 16.4. The van der Waals surface area contributed by atoms with Gasteiger partial charge in [0.05, 0.1) is 0 Å². The first kappa shape index (κ1) is 15.9. The maximum Gasteiger partial charge on any atom is 0.242 e. The van der Waals surface area contributed by atoms with Gasteiger partial charge >= 0.3 is 0 Å². The molecular formula is C18H18FNO2S. The number of para-hydroxylation sites is 1. The maximum atomic E-state index is 13.2. The zero-order valence-electron chi connectivity index (χ0n) is 12.9. The standard InChI is InChI=1S/C18H18FNO2S/c1-13(23(22)12-14-5-4-7-16(19)11-14)18(21)20-10-9-15-6-2-3-8-17(15)20/h2-8,11,13H,9-10,12H2,1H3. The molecule has 2 unspecified atom stereocenters. The Bertz CT molecular complexity index is 762. The Morgan fingerprint density at radius 2 is 2.04 bits per heavy atom. The van der Waals surface area contributed by atoms with Crippen LogP contribution >= 0.6 is 0 Å². The molecule has 1 heterocycles. The van der Waals surface area contributed by atoms with E-state index in [1.165, 1.54) is 12.1 Å². The van der Waals surface area contributed by atoms with Gasteiger partial charge in [0.25, 0.3) is 0 Å². The number of carbonyl (C=O) groups is 1. The molecule has 2 atom stereocenters. The van der Waals surface area contributed by atoms with Gasteiger partial charge in [0, 0.05) is 28.8 Å². The van der Waals surface area contributed by atoms with Crippen LogP contribution in [0.5, 0.6) is 0 Å². The van der Waals surface area contributed by atoms with E-state index in [-0.39, 0.29) is 17.5 Å². The highest BCUT2D eigenvalue weighted by Crippen LogP contribution is 2.28. The van der Waals surface area contributed by atoms with Crippen molar-refractivity contribution in [2.75, 3.05) is 11.4 Å². The molecule has 1 amide bonds. The SMILES string of the molecule is CC(C(=O)N1CCc2ccccc21)S(=O)Cc1cccc(F)c1. The van der Waals surface area contributed by atoms with E-state index in [0.717, 1.165) is 17.7 Å². The third kappa shape index (κ3) is 3.34. The highest BCUT2D eigenvalue weighted by molar-refractivity contribution is 7.85. The summed E-state index contributed by atoms with van der Waals surface area (Å²) in [4.78, 5) is 14.4. The molecule has 0 fully saturated rings. The van der Waals surface area contributed by atoms with Crippen LogP contribution < -0.4 is 4.90 Å². The molecule has 3 rings (SSSR count). The van der Waals surface area contributed by atoms with Gasteiger partial charge in [-0.25, -0.2) is 4.39 Å². The first-order valence-corrected chi connectivity index (χ1v) is 8.95. The molecule has 0 saturated carbocycles. The van der Waals surface area contributed by atoms with Crippen molar-refractivity contribution in [2.24, 2.45) is 0 Å². The van der Waals surface area contributed by atoms with Crippen LogP contribution in [0.2, 0.25) is 0 Å². The quantitative estimate of drug-likeness (QED) is 0.863. The number of fused-ring (bicyclic) bond motifs is 1. The van der Waals surface area contributed by atoms with E-state index in [4.69, 9.17) is 0 Å². The van der Waals surface area contributed by atoms with Gasteiger partial charge in [0.15, 0.2) is 0 Å². The zero-order valence-corrected chi connectivity index (χ0v) is 13.7. The van der Waals surface area contributed by atoms with Crippen LogP contribution in [0.4, 0.5) is 10.1 Å². The van der Waals surface area contributed by atoms with Gasteiger partial charge in [-0.15, -0.1) is 0 Å². The van der Waals surface area contributed by atoms with E-state index in [1.54, 1.807) is 24.0 Å². The fourth-order valence-corrected chi connectivity index (χ4v) is 3.93. The number of benzene rings is 2. The van der Waals surface area contributed by atoms with Crippen LogP contribution in [-0.4, -0.2) is 21.9 Å². The van der Waals surface area contributed by atoms with Gasteiger partial charge in [-0.3, -0.25) is 9.00 Å². The molecule has 1 aliphatic rings. The number of hydrogen-bond acceptors (Lipinski definition) is 2. The molecule has 2 aromatic rings. The van der Waals surface area contributed by atoms with E-state index in [2.05, 4.69) is 0 Å². The normalized spacial score (nSPS) is 16.0. The Hall–Kier alpha value is -2.01. The lowest BCUT2D eigenvalue weighted by molar-refractivity contribution is -0.117. The summed E-state index contributed by atoms with van der Waals surface area (Å²) in [6.07, 6.45) is 0.825. The minimum atomic E-state index is -1.38. The van der Waals surface area contributed by atoms with E-state index < -0.39 is 16.0 Å². The number of carbonyl (C=O) groups excluding carboxylic acids is 1. The van der Waals surface area contributed by atoms with Crippen LogP contribution in [0, 0.1) is 5.82 Å². The summed E-state index contributed by atoms with van der Waals surface area (Å²) in [6, 6.07) is 13.8. The first-order chi connectivity index (χ1) is 11.1. The van der Waals surface area contributed by atoms with Crippen molar-refractivity contribution in [3.05, 3.63) is 65.5 Å². The van der Waals surface area contributed by atoms with E-state index in [1.807, 2.05) is 24.3 Å². The highest BCUT2D eigenvalue weighted by Gasteiger charge is 2.30. The summed E-state index contributed by atoms with van der Waals surface area (Å²) in [7, 11) is -1.38. The molecule has 23 heavy (non-hydrogen) atoms. The predicted octanol–water partition coefficient (Wildman–Crippen LogP) is 3.05. The molecule has 0 saturated heterocycles. The summed E-state index contributed by atoms with van der Waals surface area (Å²) in [6.45, 7) is 2.30. The number of halogens is 1. The first-order valence-electron chi connectivity index (χ1n) is 7.57. The molecule has 2 aromatic carbocycles. The monoisotopic (exact) mass is 331 g/mol. The molecule has 3 nitrogen and oxygen atoms in total. The largest absolute Gasteiger partial charge is 0.311 e. The fourth-order valence-electron chi connectivity index (χ4n) is 2.82.